The quantitative estimate of drug-likeness (QED) is 0.210. The van der Waals surface area contributed by atoms with E-state index >= 15 is 0 Å². The highest BCUT2D eigenvalue weighted by atomic mass is 15.2. The Bertz CT molecular complexity index is 1920. The molecule has 0 atom stereocenters. The zero-order chi connectivity index (χ0) is 27.9. The van der Waals surface area contributed by atoms with Crippen molar-refractivity contribution in [3.8, 4) is 11.1 Å². The lowest BCUT2D eigenvalue weighted by Gasteiger charge is -2.51. The zero-order valence-corrected chi connectivity index (χ0v) is 23.2. The molecule has 0 fully saturated rings. The van der Waals surface area contributed by atoms with Gasteiger partial charge in [-0.2, -0.15) is 0 Å². The Balaban J connectivity index is 1.62. The second-order valence-electron chi connectivity index (χ2n) is 11.0. The third-order valence-electron chi connectivity index (χ3n) is 8.83. The molecular weight excluding hydrogens is 507 g/mol. The Morgan fingerprint density at radius 3 is 1.45 bits per heavy atom. The van der Waals surface area contributed by atoms with E-state index in [-0.39, 0.29) is 0 Å². The SMILES string of the molecule is C1=C(c2ccccc2)N(c2ccccc2)[B-]2(c3ccccc3-c3ccccc32)[N+](c2ccccc2)=C1c1ccccc1. The van der Waals surface area contributed by atoms with Crippen LogP contribution in [0.3, 0.4) is 0 Å². The molecule has 1 spiro atoms. The van der Waals surface area contributed by atoms with E-state index in [2.05, 4.69) is 185 Å². The summed E-state index contributed by atoms with van der Waals surface area (Å²) in [5.74, 6) is 0. The Morgan fingerprint density at radius 1 is 0.429 bits per heavy atom. The van der Waals surface area contributed by atoms with Crippen molar-refractivity contribution in [2.75, 3.05) is 4.81 Å². The number of rotatable bonds is 4. The fourth-order valence-corrected chi connectivity index (χ4v) is 7.25. The summed E-state index contributed by atoms with van der Waals surface area (Å²) < 4.78 is 2.62. The molecule has 0 saturated heterocycles. The molecule has 6 aromatic rings. The van der Waals surface area contributed by atoms with E-state index in [0.29, 0.717) is 0 Å². The van der Waals surface area contributed by atoms with Gasteiger partial charge in [-0.15, -0.1) is 0 Å². The summed E-state index contributed by atoms with van der Waals surface area (Å²) in [4.78, 5) is 2.62. The van der Waals surface area contributed by atoms with E-state index in [9.17, 15) is 0 Å². The third kappa shape index (κ3) is 3.57. The summed E-state index contributed by atoms with van der Waals surface area (Å²) in [7, 11) is 0. The molecule has 2 aliphatic rings. The van der Waals surface area contributed by atoms with Gasteiger partial charge < -0.3 is 9.30 Å². The van der Waals surface area contributed by atoms with Crippen LogP contribution in [0.2, 0.25) is 0 Å². The first kappa shape index (κ1) is 24.4. The van der Waals surface area contributed by atoms with E-state index < -0.39 is 6.42 Å². The number of fused-ring (bicyclic) bond motifs is 5. The Hall–Kier alpha value is -5.41. The maximum absolute atomic E-state index is 2.62. The molecule has 0 radical (unpaired) electrons. The Kier molecular flexibility index (Phi) is 5.75. The van der Waals surface area contributed by atoms with E-state index in [4.69, 9.17) is 0 Å². The van der Waals surface area contributed by atoms with Crippen molar-refractivity contribution in [1.82, 2.24) is 0 Å². The van der Waals surface area contributed by atoms with Gasteiger partial charge in [0.1, 0.15) is 0 Å². The van der Waals surface area contributed by atoms with Gasteiger partial charge in [-0.3, -0.25) is 0 Å². The van der Waals surface area contributed by atoms with Gasteiger partial charge in [0.25, 0.3) is 0 Å². The summed E-state index contributed by atoms with van der Waals surface area (Å²) in [5.41, 5.74) is 12.3. The van der Waals surface area contributed by atoms with Gasteiger partial charge in [0.2, 0.25) is 0 Å². The van der Waals surface area contributed by atoms with Crippen LogP contribution < -0.4 is 15.7 Å². The molecule has 198 valence electrons. The minimum Gasteiger partial charge on any atom is -0.447 e. The molecule has 0 aliphatic carbocycles. The molecule has 0 N–H and O–H groups in total. The number of hydrogen-bond acceptors (Lipinski definition) is 1. The molecule has 0 saturated carbocycles. The highest BCUT2D eigenvalue weighted by molar-refractivity contribution is 7.04. The number of benzene rings is 6. The predicted octanol–water partition coefficient (Wildman–Crippen LogP) is 7.62. The monoisotopic (exact) mass is 536 g/mol. The van der Waals surface area contributed by atoms with Crippen LogP contribution in [-0.4, -0.2) is 16.6 Å². The van der Waals surface area contributed by atoms with Gasteiger partial charge in [0.15, 0.2) is 11.4 Å². The average Bonchev–Trinajstić information content (AvgIpc) is 3.36. The fourth-order valence-electron chi connectivity index (χ4n) is 7.25. The number of anilines is 1. The van der Waals surface area contributed by atoms with Crippen molar-refractivity contribution in [1.29, 1.82) is 0 Å². The van der Waals surface area contributed by atoms with Crippen LogP contribution >= 0.6 is 0 Å². The molecule has 2 heterocycles. The summed E-state index contributed by atoms with van der Waals surface area (Å²) >= 11 is 0. The number of para-hydroxylation sites is 2. The largest absolute Gasteiger partial charge is 0.447 e. The molecule has 3 heteroatoms. The second-order valence-corrected chi connectivity index (χ2v) is 11.0. The fraction of sp³-hybridized carbons (Fsp3) is 0. The van der Waals surface area contributed by atoms with E-state index in [1.807, 2.05) is 0 Å². The van der Waals surface area contributed by atoms with E-state index in [0.717, 1.165) is 11.4 Å². The van der Waals surface area contributed by atoms with Gasteiger partial charge in [-0.1, -0.05) is 144 Å². The van der Waals surface area contributed by atoms with Crippen LogP contribution in [0.15, 0.2) is 176 Å². The van der Waals surface area contributed by atoms with Crippen molar-refractivity contribution in [2.45, 2.75) is 0 Å². The van der Waals surface area contributed by atoms with Crippen molar-refractivity contribution < 1.29 is 4.49 Å². The lowest BCUT2D eigenvalue weighted by Crippen LogP contribution is -2.76. The van der Waals surface area contributed by atoms with Crippen LogP contribution in [0.4, 0.5) is 11.4 Å². The highest BCUT2D eigenvalue weighted by Gasteiger charge is 2.57. The molecule has 42 heavy (non-hydrogen) atoms. The number of nitrogens with zero attached hydrogens (tertiary/aromatic N) is 2. The summed E-state index contributed by atoms with van der Waals surface area (Å²) in [6, 6.07) is 61.5. The molecule has 0 unspecified atom stereocenters. The summed E-state index contributed by atoms with van der Waals surface area (Å²) in [5, 5.41) is 0. The number of hydrogen-bond donors (Lipinski definition) is 0. The first-order valence-corrected chi connectivity index (χ1v) is 14.6. The number of allylic oxidation sites excluding steroid dienone is 1. The molecule has 0 aromatic heterocycles. The van der Waals surface area contributed by atoms with Crippen LogP contribution in [0.5, 0.6) is 0 Å². The molecule has 0 amide bonds. The topological polar surface area (TPSA) is 6.25 Å². The lowest BCUT2D eigenvalue weighted by atomic mass is 9.36. The van der Waals surface area contributed by atoms with Gasteiger partial charge in [0.05, 0.1) is 0 Å². The van der Waals surface area contributed by atoms with Crippen LogP contribution in [0.1, 0.15) is 11.1 Å². The van der Waals surface area contributed by atoms with Crippen LogP contribution in [0, 0.1) is 0 Å². The van der Waals surface area contributed by atoms with Crippen molar-refractivity contribution in [3.05, 3.63) is 187 Å². The average molecular weight is 536 g/mol. The summed E-state index contributed by atoms with van der Waals surface area (Å²) in [6.07, 6.45) is 0.637. The van der Waals surface area contributed by atoms with Crippen LogP contribution in [-0.2, 0) is 0 Å². The normalized spacial score (nSPS) is 14.9. The lowest BCUT2D eigenvalue weighted by molar-refractivity contribution is -0.291. The molecule has 2 aliphatic heterocycles. The van der Waals surface area contributed by atoms with Crippen molar-refractivity contribution in [2.24, 2.45) is 0 Å². The van der Waals surface area contributed by atoms with Gasteiger partial charge in [0, 0.05) is 35.2 Å². The highest BCUT2D eigenvalue weighted by Crippen LogP contribution is 2.43. The van der Waals surface area contributed by atoms with Crippen LogP contribution in [0.25, 0.3) is 16.8 Å². The maximum atomic E-state index is 2.62. The van der Waals surface area contributed by atoms with Gasteiger partial charge in [-0.05, 0) is 41.0 Å². The third-order valence-corrected chi connectivity index (χ3v) is 8.83. The second kappa shape index (κ2) is 9.90. The first-order valence-electron chi connectivity index (χ1n) is 14.6. The smallest absolute Gasteiger partial charge is 0.436 e. The predicted molar refractivity (Wildman–Crippen MR) is 177 cm³/mol. The molecule has 0 bridgehead atoms. The van der Waals surface area contributed by atoms with Crippen molar-refractivity contribution in [3.63, 3.8) is 0 Å². The van der Waals surface area contributed by atoms with Gasteiger partial charge >= 0.3 is 6.42 Å². The maximum Gasteiger partial charge on any atom is 0.436 e. The minimum absolute atomic E-state index is 1.16. The summed E-state index contributed by atoms with van der Waals surface area (Å²) in [6.45, 7) is 0. The Morgan fingerprint density at radius 2 is 0.881 bits per heavy atom. The molecule has 8 rings (SSSR count). The van der Waals surface area contributed by atoms with E-state index in [1.54, 1.807) is 0 Å². The zero-order valence-electron chi connectivity index (χ0n) is 23.2. The van der Waals surface area contributed by atoms with Crippen molar-refractivity contribution >= 4 is 40.1 Å². The first-order chi connectivity index (χ1) is 20.9. The standard InChI is InChI=1S/C39H29BN2/c1-5-17-30(18-6-1)38-29-39(31-19-7-2-8-20-31)42(33-23-11-4-12-24-33)40(41(38)32-21-9-3-10-22-32)36-27-15-13-25-34(36)35-26-14-16-28-37(35)40/h1-29H. The van der Waals surface area contributed by atoms with Gasteiger partial charge in [-0.25, -0.2) is 0 Å². The molecular formula is C39H29BN2. The molecule has 6 aromatic carbocycles. The minimum atomic E-state index is -1.75. The van der Waals surface area contributed by atoms with E-state index in [1.165, 1.54) is 44.6 Å². The Labute approximate surface area is 247 Å². The molecule has 2 nitrogen and oxygen atoms in total.